The van der Waals surface area contributed by atoms with Gasteiger partial charge in [-0.3, -0.25) is 4.79 Å². The number of rotatable bonds is 6. The van der Waals surface area contributed by atoms with E-state index in [0.29, 0.717) is 27.9 Å². The topological polar surface area (TPSA) is 88.0 Å². The Morgan fingerprint density at radius 3 is 2.52 bits per heavy atom. The third kappa shape index (κ3) is 4.30. The number of thioether (sulfide) groups is 1. The van der Waals surface area contributed by atoms with Crippen molar-refractivity contribution in [2.75, 3.05) is 14.2 Å². The fourth-order valence-electron chi connectivity index (χ4n) is 2.50. The minimum atomic E-state index is -0.452. The number of aromatic amines is 1. The maximum absolute atomic E-state index is 12.3. The lowest BCUT2D eigenvalue weighted by molar-refractivity contribution is 0.414. The molecule has 0 unspecified atom stereocenters. The van der Waals surface area contributed by atoms with E-state index in [1.165, 1.54) is 11.8 Å². The van der Waals surface area contributed by atoms with Gasteiger partial charge in [-0.1, -0.05) is 23.9 Å². The second kappa shape index (κ2) is 8.43. The van der Waals surface area contributed by atoms with Gasteiger partial charge < -0.3 is 14.5 Å². The van der Waals surface area contributed by atoms with Crippen molar-refractivity contribution in [2.24, 2.45) is 0 Å². The van der Waals surface area contributed by atoms with Crippen LogP contribution in [0.5, 0.6) is 11.5 Å². The van der Waals surface area contributed by atoms with Gasteiger partial charge in [0.15, 0.2) is 5.16 Å². The molecule has 0 radical (unpaired) electrons. The summed E-state index contributed by atoms with van der Waals surface area (Å²) in [6.07, 6.45) is 0. The standard InChI is InChI=1S/C20H17N3O3S/c1-25-15-8-6-14(7-9-15)18-17(11-21)19(24)23-20(22-18)27-12-13-4-3-5-16(10-13)26-2/h3-10H,12H2,1-2H3,(H,22,23,24). The summed E-state index contributed by atoms with van der Waals surface area (Å²) in [5.74, 6) is 2.07. The highest BCUT2D eigenvalue weighted by atomic mass is 32.2. The molecule has 0 spiro atoms. The van der Waals surface area contributed by atoms with Gasteiger partial charge in [0.25, 0.3) is 5.56 Å². The number of H-pyrrole nitrogens is 1. The highest BCUT2D eigenvalue weighted by Crippen LogP contribution is 2.26. The maximum Gasteiger partial charge on any atom is 0.270 e. The Morgan fingerprint density at radius 2 is 1.85 bits per heavy atom. The van der Waals surface area contributed by atoms with Crippen LogP contribution in [0.25, 0.3) is 11.3 Å². The summed E-state index contributed by atoms with van der Waals surface area (Å²) in [6, 6.07) is 16.7. The molecule has 0 amide bonds. The van der Waals surface area contributed by atoms with Gasteiger partial charge in [0.1, 0.15) is 23.1 Å². The van der Waals surface area contributed by atoms with Crippen LogP contribution >= 0.6 is 11.8 Å². The van der Waals surface area contributed by atoms with E-state index >= 15 is 0 Å². The summed E-state index contributed by atoms with van der Waals surface area (Å²) in [5.41, 5.74) is 1.62. The van der Waals surface area contributed by atoms with Gasteiger partial charge in [0, 0.05) is 11.3 Å². The van der Waals surface area contributed by atoms with E-state index in [9.17, 15) is 10.1 Å². The fourth-order valence-corrected chi connectivity index (χ4v) is 3.30. The zero-order valence-corrected chi connectivity index (χ0v) is 15.7. The first-order valence-corrected chi connectivity index (χ1v) is 9.07. The molecule has 136 valence electrons. The molecule has 0 aliphatic heterocycles. The van der Waals surface area contributed by atoms with Crippen molar-refractivity contribution < 1.29 is 9.47 Å². The van der Waals surface area contributed by atoms with Crippen molar-refractivity contribution in [3.63, 3.8) is 0 Å². The van der Waals surface area contributed by atoms with Crippen LogP contribution in [0.3, 0.4) is 0 Å². The maximum atomic E-state index is 12.3. The van der Waals surface area contributed by atoms with Gasteiger partial charge >= 0.3 is 0 Å². The molecule has 0 saturated carbocycles. The molecule has 1 N–H and O–H groups in total. The molecule has 7 heteroatoms. The van der Waals surface area contributed by atoms with Crippen molar-refractivity contribution in [3.8, 4) is 28.8 Å². The van der Waals surface area contributed by atoms with E-state index in [1.807, 2.05) is 30.3 Å². The Balaban J connectivity index is 1.91. The van der Waals surface area contributed by atoms with Gasteiger partial charge in [0.05, 0.1) is 19.9 Å². The van der Waals surface area contributed by atoms with Crippen LogP contribution in [-0.2, 0) is 5.75 Å². The second-order valence-corrected chi connectivity index (χ2v) is 6.54. The number of ether oxygens (including phenoxy) is 2. The SMILES string of the molecule is COc1ccc(-c2nc(SCc3cccc(OC)c3)[nH]c(=O)c2C#N)cc1. The molecule has 0 fully saturated rings. The fraction of sp³-hybridized carbons (Fsp3) is 0.150. The minimum Gasteiger partial charge on any atom is -0.497 e. The van der Waals surface area contributed by atoms with E-state index < -0.39 is 5.56 Å². The summed E-state index contributed by atoms with van der Waals surface area (Å²) >= 11 is 1.39. The minimum absolute atomic E-state index is 0.00843. The zero-order valence-electron chi connectivity index (χ0n) is 14.9. The van der Waals surface area contributed by atoms with Crippen LogP contribution in [-0.4, -0.2) is 24.2 Å². The summed E-state index contributed by atoms with van der Waals surface area (Å²) in [5, 5.41) is 9.81. The molecule has 0 bridgehead atoms. The number of benzene rings is 2. The molecular weight excluding hydrogens is 362 g/mol. The van der Waals surface area contributed by atoms with E-state index in [0.717, 1.165) is 11.3 Å². The van der Waals surface area contributed by atoms with Gasteiger partial charge in [-0.2, -0.15) is 5.26 Å². The third-order valence-electron chi connectivity index (χ3n) is 3.88. The quantitative estimate of drug-likeness (QED) is 0.520. The number of hydrogen-bond acceptors (Lipinski definition) is 6. The molecule has 1 heterocycles. The molecule has 3 rings (SSSR count). The zero-order chi connectivity index (χ0) is 19.2. The average Bonchev–Trinajstić information content (AvgIpc) is 2.72. The van der Waals surface area contributed by atoms with E-state index in [2.05, 4.69) is 9.97 Å². The predicted octanol–water partition coefficient (Wildman–Crippen LogP) is 3.62. The van der Waals surface area contributed by atoms with Crippen LogP contribution in [0.4, 0.5) is 0 Å². The van der Waals surface area contributed by atoms with Gasteiger partial charge in [-0.25, -0.2) is 4.98 Å². The molecule has 27 heavy (non-hydrogen) atoms. The van der Waals surface area contributed by atoms with E-state index in [-0.39, 0.29) is 5.56 Å². The number of nitriles is 1. The predicted molar refractivity (Wildman–Crippen MR) is 104 cm³/mol. The summed E-state index contributed by atoms with van der Waals surface area (Å²) in [6.45, 7) is 0. The van der Waals surface area contributed by atoms with Crippen molar-refractivity contribution >= 4 is 11.8 Å². The van der Waals surface area contributed by atoms with E-state index in [4.69, 9.17) is 9.47 Å². The molecule has 3 aromatic rings. The molecule has 0 atom stereocenters. The van der Waals surface area contributed by atoms with Crippen molar-refractivity contribution in [2.45, 2.75) is 10.9 Å². The first-order valence-electron chi connectivity index (χ1n) is 8.09. The van der Waals surface area contributed by atoms with Crippen LogP contribution in [0.1, 0.15) is 11.1 Å². The summed E-state index contributed by atoms with van der Waals surface area (Å²) in [7, 11) is 3.20. The first kappa shape index (κ1) is 18.5. The molecule has 2 aromatic carbocycles. The Hall–Kier alpha value is -3.24. The third-order valence-corrected chi connectivity index (χ3v) is 4.83. The smallest absolute Gasteiger partial charge is 0.270 e. The second-order valence-electron chi connectivity index (χ2n) is 5.58. The van der Waals surface area contributed by atoms with Gasteiger partial charge in [-0.15, -0.1) is 0 Å². The summed E-state index contributed by atoms with van der Waals surface area (Å²) < 4.78 is 10.4. The van der Waals surface area contributed by atoms with Crippen LogP contribution in [0, 0.1) is 11.3 Å². The molecule has 0 aliphatic rings. The lowest BCUT2D eigenvalue weighted by atomic mass is 10.1. The number of nitrogens with zero attached hydrogens (tertiary/aromatic N) is 2. The highest BCUT2D eigenvalue weighted by Gasteiger charge is 2.14. The van der Waals surface area contributed by atoms with Crippen molar-refractivity contribution in [3.05, 3.63) is 70.0 Å². The average molecular weight is 379 g/mol. The van der Waals surface area contributed by atoms with E-state index in [1.54, 1.807) is 38.5 Å². The van der Waals surface area contributed by atoms with Crippen LogP contribution in [0.2, 0.25) is 0 Å². The molecule has 6 nitrogen and oxygen atoms in total. The molecular formula is C20H17N3O3S. The molecule has 1 aromatic heterocycles. The monoisotopic (exact) mass is 379 g/mol. The lowest BCUT2D eigenvalue weighted by Gasteiger charge is -2.08. The van der Waals surface area contributed by atoms with Crippen molar-refractivity contribution in [1.82, 2.24) is 9.97 Å². The van der Waals surface area contributed by atoms with Gasteiger partial charge in [-0.05, 0) is 42.0 Å². The Bertz CT molecular complexity index is 1040. The highest BCUT2D eigenvalue weighted by molar-refractivity contribution is 7.98. The van der Waals surface area contributed by atoms with Crippen LogP contribution < -0.4 is 15.0 Å². The van der Waals surface area contributed by atoms with Crippen LogP contribution in [0.15, 0.2) is 58.5 Å². The van der Waals surface area contributed by atoms with Gasteiger partial charge in [0.2, 0.25) is 0 Å². The Labute approximate surface area is 160 Å². The molecule has 0 saturated heterocycles. The number of aromatic nitrogens is 2. The number of methoxy groups -OCH3 is 2. The lowest BCUT2D eigenvalue weighted by Crippen LogP contribution is -2.14. The largest absolute Gasteiger partial charge is 0.497 e. The Morgan fingerprint density at radius 1 is 1.11 bits per heavy atom. The first-order chi connectivity index (χ1) is 13.1. The number of hydrogen-bond donors (Lipinski definition) is 1. The number of nitrogens with one attached hydrogen (secondary N) is 1. The Kier molecular flexibility index (Phi) is 5.79. The molecule has 0 aliphatic carbocycles. The normalized spacial score (nSPS) is 10.3. The van der Waals surface area contributed by atoms with Crippen molar-refractivity contribution in [1.29, 1.82) is 5.26 Å². The summed E-state index contributed by atoms with van der Waals surface area (Å²) in [4.78, 5) is 19.5.